The maximum Gasteiger partial charge on any atom is 0.407 e. The summed E-state index contributed by atoms with van der Waals surface area (Å²) in [5.41, 5.74) is 7.80. The number of amides is 4. The van der Waals surface area contributed by atoms with E-state index in [-0.39, 0.29) is 36.0 Å². The van der Waals surface area contributed by atoms with Crippen LogP contribution in [0, 0.1) is 17.7 Å². The number of carbonyl (C=O) groups is 4. The van der Waals surface area contributed by atoms with Crippen LogP contribution >= 0.6 is 0 Å². The van der Waals surface area contributed by atoms with E-state index in [1.807, 2.05) is 76.5 Å². The SMILES string of the molecule is COC(=O)N[C@@H](C(=O)N1C2CC2C[C@H]1c1ncc(-c2ccc(-c3ccc4c(c3)CCc3[nH]c([C@@H]5C[C@H]6C[C@H]6N5C(=O)[C@H](NC(=O)OC)c5ccccc5)nc3-4)cc2F)[nH]1)c1ccccc1. The zero-order chi connectivity index (χ0) is 44.5. The summed E-state index contributed by atoms with van der Waals surface area (Å²) >= 11 is 0. The van der Waals surface area contributed by atoms with Crippen LogP contribution in [0.2, 0.25) is 0 Å². The van der Waals surface area contributed by atoms with Gasteiger partial charge in [-0.15, -0.1) is 0 Å². The lowest BCUT2D eigenvalue weighted by Crippen LogP contribution is -2.44. The van der Waals surface area contributed by atoms with E-state index in [0.29, 0.717) is 40.0 Å². The summed E-state index contributed by atoms with van der Waals surface area (Å²) in [5, 5.41) is 5.48. The number of likely N-dealkylation sites (tertiary alicyclic amines) is 2. The molecule has 65 heavy (non-hydrogen) atoms. The van der Waals surface area contributed by atoms with Gasteiger partial charge in [0.15, 0.2) is 0 Å². The minimum atomic E-state index is -0.935. The average Bonchev–Trinajstić information content (AvgIpc) is 3.95. The Hall–Kier alpha value is -7.29. The minimum absolute atomic E-state index is 0.0382. The van der Waals surface area contributed by atoms with E-state index in [4.69, 9.17) is 14.5 Å². The topological polar surface area (TPSA) is 175 Å². The number of methoxy groups -OCH3 is 2. The van der Waals surface area contributed by atoms with Crippen LogP contribution in [0.4, 0.5) is 14.0 Å². The van der Waals surface area contributed by atoms with Crippen molar-refractivity contribution in [2.75, 3.05) is 14.2 Å². The Morgan fingerprint density at radius 2 is 1.23 bits per heavy atom. The molecular formula is C50H47FN8O6. The fourth-order valence-corrected chi connectivity index (χ4v) is 10.6. The van der Waals surface area contributed by atoms with Crippen molar-refractivity contribution in [3.63, 3.8) is 0 Å². The van der Waals surface area contributed by atoms with Crippen molar-refractivity contribution in [2.24, 2.45) is 11.8 Å². The Kier molecular flexibility index (Phi) is 10.00. The minimum Gasteiger partial charge on any atom is -0.453 e. The number of aromatic amines is 2. The van der Waals surface area contributed by atoms with E-state index >= 15 is 4.39 Å². The number of halogens is 1. The second-order valence-corrected chi connectivity index (χ2v) is 17.8. The van der Waals surface area contributed by atoms with Gasteiger partial charge in [0, 0.05) is 28.9 Å². The first kappa shape index (κ1) is 40.5. The number of fused-ring (bicyclic) bond motifs is 5. The van der Waals surface area contributed by atoms with E-state index < -0.39 is 30.1 Å². The van der Waals surface area contributed by atoms with Gasteiger partial charge in [-0.3, -0.25) is 9.59 Å². The zero-order valence-corrected chi connectivity index (χ0v) is 35.8. The predicted octanol–water partition coefficient (Wildman–Crippen LogP) is 7.89. The molecule has 8 atom stereocenters. The number of rotatable bonds is 10. The number of nitrogens with one attached hydrogen (secondary N) is 4. The molecule has 0 bridgehead atoms. The normalized spacial score (nSPS) is 23.0. The van der Waals surface area contributed by atoms with E-state index in [2.05, 4.69) is 31.7 Å². The van der Waals surface area contributed by atoms with Gasteiger partial charge in [-0.2, -0.15) is 0 Å². The van der Waals surface area contributed by atoms with Gasteiger partial charge in [-0.05, 0) is 90.3 Å². The third-order valence-corrected chi connectivity index (χ3v) is 14.0. The molecule has 15 heteroatoms. The third kappa shape index (κ3) is 7.28. The lowest BCUT2D eigenvalue weighted by Gasteiger charge is -2.30. The van der Waals surface area contributed by atoms with Crippen LogP contribution in [-0.2, 0) is 31.9 Å². The highest BCUT2D eigenvalue weighted by molar-refractivity contribution is 5.89. The Balaban J connectivity index is 0.813. The lowest BCUT2D eigenvalue weighted by atomic mass is 9.89. The Bertz CT molecular complexity index is 2850. The first-order chi connectivity index (χ1) is 31.7. The quantitative estimate of drug-likeness (QED) is 0.108. The molecule has 2 aromatic heterocycles. The molecule has 4 aromatic carbocycles. The van der Waals surface area contributed by atoms with Crippen LogP contribution in [0.25, 0.3) is 33.6 Å². The molecule has 2 unspecified atom stereocenters. The summed E-state index contributed by atoms with van der Waals surface area (Å²) in [5.74, 6) is 1.19. The van der Waals surface area contributed by atoms with Crippen molar-refractivity contribution in [1.82, 2.24) is 40.4 Å². The molecule has 2 saturated carbocycles. The van der Waals surface area contributed by atoms with E-state index in [1.54, 1.807) is 24.4 Å². The van der Waals surface area contributed by atoms with Gasteiger partial charge in [0.1, 0.15) is 29.5 Å². The third-order valence-electron chi connectivity index (χ3n) is 14.0. The molecule has 0 spiro atoms. The van der Waals surface area contributed by atoms with Crippen LogP contribution in [0.5, 0.6) is 0 Å². The number of H-pyrrole nitrogens is 2. The van der Waals surface area contributed by atoms with Crippen LogP contribution in [0.3, 0.4) is 0 Å². The summed E-state index contributed by atoms with van der Waals surface area (Å²) in [6, 6.07) is 27.3. The van der Waals surface area contributed by atoms with E-state index in [1.165, 1.54) is 20.3 Å². The van der Waals surface area contributed by atoms with E-state index in [0.717, 1.165) is 78.0 Å². The molecule has 4 N–H and O–H groups in total. The van der Waals surface area contributed by atoms with Crippen molar-refractivity contribution in [2.45, 2.75) is 74.8 Å². The second-order valence-electron chi connectivity index (χ2n) is 17.8. The molecule has 2 saturated heterocycles. The largest absolute Gasteiger partial charge is 0.453 e. The molecule has 11 rings (SSSR count). The monoisotopic (exact) mass is 874 g/mol. The van der Waals surface area contributed by atoms with E-state index in [9.17, 15) is 19.2 Å². The van der Waals surface area contributed by atoms with Crippen LogP contribution in [-0.4, -0.2) is 80.0 Å². The number of aromatic nitrogens is 4. The van der Waals surface area contributed by atoms with Crippen molar-refractivity contribution in [1.29, 1.82) is 0 Å². The van der Waals surface area contributed by atoms with Crippen molar-refractivity contribution >= 4 is 24.0 Å². The zero-order valence-electron chi connectivity index (χ0n) is 35.8. The first-order valence-electron chi connectivity index (χ1n) is 22.2. The van der Waals surface area contributed by atoms with Crippen molar-refractivity contribution < 1.29 is 33.0 Å². The number of nitrogens with zero attached hydrogens (tertiary/aromatic N) is 4. The summed E-state index contributed by atoms with van der Waals surface area (Å²) in [4.78, 5) is 73.7. The highest BCUT2D eigenvalue weighted by atomic mass is 19.1. The van der Waals surface area contributed by atoms with Gasteiger partial charge >= 0.3 is 12.2 Å². The number of benzene rings is 4. The highest BCUT2D eigenvalue weighted by Gasteiger charge is 2.57. The number of aryl methyl sites for hydroxylation is 2. The molecule has 0 radical (unpaired) electrons. The number of ether oxygens (including phenoxy) is 2. The van der Waals surface area contributed by atoms with Gasteiger partial charge in [0.2, 0.25) is 0 Å². The van der Waals surface area contributed by atoms with Gasteiger partial charge in [0.25, 0.3) is 11.8 Å². The lowest BCUT2D eigenvalue weighted by molar-refractivity contribution is -0.136. The fraction of sp³-hybridized carbons (Fsp3) is 0.320. The molecule has 4 amide bonds. The highest BCUT2D eigenvalue weighted by Crippen LogP contribution is 2.55. The summed E-state index contributed by atoms with van der Waals surface area (Å²) in [6.07, 6.45) is 5.06. The molecule has 6 aromatic rings. The molecule has 330 valence electrons. The molecule has 4 heterocycles. The number of carbonyl (C=O) groups excluding carboxylic acids is 4. The molecular weight excluding hydrogens is 828 g/mol. The van der Waals surface area contributed by atoms with Gasteiger partial charge in [0.05, 0.1) is 43.9 Å². The first-order valence-corrected chi connectivity index (χ1v) is 22.2. The Morgan fingerprint density at radius 3 is 1.80 bits per heavy atom. The van der Waals surface area contributed by atoms with Crippen LogP contribution in [0.1, 0.15) is 83.9 Å². The van der Waals surface area contributed by atoms with Gasteiger partial charge in [-0.25, -0.2) is 23.9 Å². The summed E-state index contributed by atoms with van der Waals surface area (Å²) in [6.45, 7) is 0. The van der Waals surface area contributed by atoms with Crippen molar-refractivity contribution in [3.8, 4) is 33.6 Å². The number of imidazole rings is 2. The Labute approximate surface area is 374 Å². The molecule has 5 aliphatic rings. The number of alkyl carbamates (subject to hydrolysis) is 2. The molecule has 14 nitrogen and oxygen atoms in total. The van der Waals surface area contributed by atoms with Gasteiger partial charge in [-0.1, -0.05) is 84.9 Å². The number of piperidine rings is 2. The molecule has 3 aliphatic carbocycles. The molecule has 2 aliphatic heterocycles. The van der Waals surface area contributed by atoms with Crippen LogP contribution in [0.15, 0.2) is 103 Å². The van der Waals surface area contributed by atoms with Crippen LogP contribution < -0.4 is 10.6 Å². The summed E-state index contributed by atoms with van der Waals surface area (Å²) in [7, 11) is 2.55. The Morgan fingerprint density at radius 1 is 0.677 bits per heavy atom. The maximum absolute atomic E-state index is 16.1. The number of hydrogen-bond donors (Lipinski definition) is 4. The predicted molar refractivity (Wildman–Crippen MR) is 236 cm³/mol. The van der Waals surface area contributed by atoms with Gasteiger partial charge < -0.3 is 39.9 Å². The smallest absolute Gasteiger partial charge is 0.407 e. The molecule has 4 fully saturated rings. The maximum atomic E-state index is 16.1. The standard InChI is InChI=1S/C50H47FN8O6/c1-64-49(62)56-42(26-9-5-3-6-10-26)47(60)58-38-21-31(38)23-40(58)45-52-25-37(54-45)34-17-14-29(20-35(34)51)28-13-16-33-30(19-28)15-18-36-44(33)55-46(53-36)41-24-32-22-39(32)59(41)48(61)43(57-50(63)65-2)27-11-7-4-8-12-27/h3-14,16-17,19-20,25,31-32,38-43H,15,18,21-24H2,1-2H3,(H,52,54)(H,53,55)(H,56,62)(H,57,63)/t31?,32-,38?,39-,40+,41+,42-,43-/m1/s1. The van der Waals surface area contributed by atoms with Crippen molar-refractivity contribution in [3.05, 3.63) is 143 Å². The fourth-order valence-electron chi connectivity index (χ4n) is 10.6. The number of hydrogen-bond acceptors (Lipinski definition) is 8. The average molecular weight is 875 g/mol. The second kappa shape index (κ2) is 16.1. The summed E-state index contributed by atoms with van der Waals surface area (Å²) < 4.78 is 25.9.